The van der Waals surface area contributed by atoms with E-state index in [4.69, 9.17) is 10.2 Å². The minimum Gasteiger partial charge on any atom is -0.481 e. The van der Waals surface area contributed by atoms with Crippen molar-refractivity contribution in [1.29, 1.82) is 0 Å². The van der Waals surface area contributed by atoms with Crippen LogP contribution >= 0.6 is 0 Å². The summed E-state index contributed by atoms with van der Waals surface area (Å²) in [6.45, 7) is 2.54. The van der Waals surface area contributed by atoms with Crippen molar-refractivity contribution in [1.82, 2.24) is 31.6 Å². The first-order valence-electron chi connectivity index (χ1n) is 12.3. The first kappa shape index (κ1) is 30.8. The lowest BCUT2D eigenvalue weighted by molar-refractivity contribution is -0.142. The SMILES string of the molecule is CNCC(=O)N[C@@H](Cc1c[nH]c2ccccc12)C(=O)N[C@@H](C)C(=O)N[C@@H](CCC(=O)O)C(=O)N[C@@H](C)C(=O)O. The Labute approximate surface area is 224 Å². The third-order valence-electron chi connectivity index (χ3n) is 5.85. The van der Waals surface area contributed by atoms with Crippen molar-refractivity contribution in [2.45, 2.75) is 57.3 Å². The summed E-state index contributed by atoms with van der Waals surface area (Å²) in [6, 6.07) is 2.59. The Morgan fingerprint density at radius 3 is 2.13 bits per heavy atom. The molecule has 1 aromatic carbocycles. The predicted molar refractivity (Wildman–Crippen MR) is 140 cm³/mol. The smallest absolute Gasteiger partial charge is 0.325 e. The van der Waals surface area contributed by atoms with Crippen molar-refractivity contribution in [3.8, 4) is 0 Å². The number of aromatic nitrogens is 1. The van der Waals surface area contributed by atoms with Crippen LogP contribution in [-0.2, 0) is 35.2 Å². The molecule has 1 heterocycles. The summed E-state index contributed by atoms with van der Waals surface area (Å²) in [5, 5.41) is 31.3. The van der Waals surface area contributed by atoms with Gasteiger partial charge in [0.25, 0.3) is 0 Å². The zero-order valence-electron chi connectivity index (χ0n) is 21.9. The van der Waals surface area contributed by atoms with Gasteiger partial charge in [-0.25, -0.2) is 0 Å². The molecule has 212 valence electrons. The molecule has 8 N–H and O–H groups in total. The molecule has 0 fully saturated rings. The number of para-hydroxylation sites is 1. The summed E-state index contributed by atoms with van der Waals surface area (Å²) in [5.41, 5.74) is 1.62. The maximum absolute atomic E-state index is 13.2. The van der Waals surface area contributed by atoms with Crippen molar-refractivity contribution in [3.05, 3.63) is 36.0 Å². The van der Waals surface area contributed by atoms with Crippen LogP contribution in [0.1, 0.15) is 32.3 Å². The molecule has 4 amide bonds. The number of benzene rings is 1. The van der Waals surface area contributed by atoms with Crippen LogP contribution in [0.5, 0.6) is 0 Å². The molecular formula is C25H34N6O8. The maximum atomic E-state index is 13.2. The number of hydrogen-bond acceptors (Lipinski definition) is 7. The van der Waals surface area contributed by atoms with E-state index in [2.05, 4.69) is 31.6 Å². The Morgan fingerprint density at radius 2 is 1.49 bits per heavy atom. The fourth-order valence-electron chi connectivity index (χ4n) is 3.72. The number of carboxylic acids is 2. The highest BCUT2D eigenvalue weighted by molar-refractivity contribution is 5.95. The molecule has 4 atom stereocenters. The largest absolute Gasteiger partial charge is 0.481 e. The first-order chi connectivity index (χ1) is 18.4. The number of likely N-dealkylation sites (N-methyl/N-ethyl adjacent to an activating group) is 1. The summed E-state index contributed by atoms with van der Waals surface area (Å²) in [7, 11) is 1.58. The van der Waals surface area contributed by atoms with Crippen LogP contribution in [0.2, 0.25) is 0 Å². The monoisotopic (exact) mass is 546 g/mol. The number of fused-ring (bicyclic) bond motifs is 1. The van der Waals surface area contributed by atoms with Crippen LogP contribution in [0, 0.1) is 0 Å². The van der Waals surface area contributed by atoms with Gasteiger partial charge in [0.15, 0.2) is 0 Å². The fraction of sp³-hybridized carbons (Fsp3) is 0.440. The molecule has 2 aromatic rings. The molecular weight excluding hydrogens is 512 g/mol. The maximum Gasteiger partial charge on any atom is 0.325 e. The minimum absolute atomic E-state index is 0.0389. The van der Waals surface area contributed by atoms with E-state index in [0.717, 1.165) is 16.5 Å². The van der Waals surface area contributed by atoms with E-state index in [0.29, 0.717) is 0 Å². The Bertz CT molecular complexity index is 1210. The van der Waals surface area contributed by atoms with Gasteiger partial charge in [0.05, 0.1) is 6.54 Å². The summed E-state index contributed by atoms with van der Waals surface area (Å²) in [6.07, 6.45) is 1.08. The number of carbonyl (C=O) groups is 6. The van der Waals surface area contributed by atoms with Crippen molar-refractivity contribution in [2.24, 2.45) is 0 Å². The molecule has 0 unspecified atom stereocenters. The summed E-state index contributed by atoms with van der Waals surface area (Å²) in [4.78, 5) is 75.9. The summed E-state index contributed by atoms with van der Waals surface area (Å²) >= 11 is 0. The van der Waals surface area contributed by atoms with E-state index in [9.17, 15) is 28.8 Å². The van der Waals surface area contributed by atoms with E-state index in [-0.39, 0.29) is 19.4 Å². The average molecular weight is 547 g/mol. The number of carbonyl (C=O) groups excluding carboxylic acids is 4. The summed E-state index contributed by atoms with van der Waals surface area (Å²) < 4.78 is 0. The molecule has 1 aromatic heterocycles. The third kappa shape index (κ3) is 9.41. The van der Waals surface area contributed by atoms with E-state index in [1.807, 2.05) is 24.3 Å². The normalized spacial score (nSPS) is 13.9. The van der Waals surface area contributed by atoms with Crippen molar-refractivity contribution >= 4 is 46.5 Å². The highest BCUT2D eigenvalue weighted by atomic mass is 16.4. The number of hydrogen-bond donors (Lipinski definition) is 8. The Balaban J connectivity index is 2.13. The summed E-state index contributed by atoms with van der Waals surface area (Å²) in [5.74, 6) is -5.30. The van der Waals surface area contributed by atoms with Gasteiger partial charge >= 0.3 is 11.9 Å². The molecule has 14 nitrogen and oxygen atoms in total. The molecule has 2 rings (SSSR count). The average Bonchev–Trinajstić information content (AvgIpc) is 3.28. The van der Waals surface area contributed by atoms with Gasteiger partial charge in [-0.1, -0.05) is 18.2 Å². The number of aromatic amines is 1. The van der Waals surface area contributed by atoms with E-state index < -0.39 is 66.2 Å². The highest BCUT2D eigenvalue weighted by Crippen LogP contribution is 2.19. The molecule has 0 saturated carbocycles. The van der Waals surface area contributed by atoms with Crippen LogP contribution in [0.4, 0.5) is 0 Å². The van der Waals surface area contributed by atoms with Gasteiger partial charge in [-0.15, -0.1) is 0 Å². The number of carboxylic acid groups (broad SMARTS) is 2. The van der Waals surface area contributed by atoms with Gasteiger partial charge in [0.2, 0.25) is 23.6 Å². The number of amides is 4. The second kappa shape index (κ2) is 14.5. The zero-order chi connectivity index (χ0) is 29.1. The zero-order valence-corrected chi connectivity index (χ0v) is 21.9. The topological polar surface area (TPSA) is 219 Å². The predicted octanol–water partition coefficient (Wildman–Crippen LogP) is -1.14. The second-order valence-corrected chi connectivity index (χ2v) is 9.01. The molecule has 0 spiro atoms. The van der Waals surface area contributed by atoms with Crippen LogP contribution in [0.15, 0.2) is 30.5 Å². The van der Waals surface area contributed by atoms with Gasteiger partial charge in [-0.3, -0.25) is 28.8 Å². The fourth-order valence-corrected chi connectivity index (χ4v) is 3.72. The Kier molecular flexibility index (Phi) is 11.4. The Hall–Kier alpha value is -4.46. The van der Waals surface area contributed by atoms with E-state index >= 15 is 0 Å². The van der Waals surface area contributed by atoms with Crippen LogP contribution in [0.3, 0.4) is 0 Å². The third-order valence-corrected chi connectivity index (χ3v) is 5.85. The number of H-pyrrole nitrogens is 1. The quantitative estimate of drug-likeness (QED) is 0.135. The standard InChI is InChI=1S/C25H34N6O8/c1-13(22(35)31-18(8-9-21(33)34)23(36)29-14(2)25(38)39)28-24(37)19(30-20(32)12-26-3)10-15-11-27-17-7-5-4-6-16(15)17/h4-7,11,13-14,18-19,26-27H,8-10,12H2,1-3H3,(H,28,37)(H,29,36)(H,30,32)(H,31,35)(H,33,34)(H,38,39)/t13-,14-,18-,19-/m0/s1. The molecule has 0 saturated heterocycles. The van der Waals surface area contributed by atoms with Gasteiger partial charge in [0, 0.05) is 29.9 Å². The molecule has 0 radical (unpaired) electrons. The Morgan fingerprint density at radius 1 is 0.846 bits per heavy atom. The molecule has 0 aliphatic carbocycles. The van der Waals surface area contributed by atoms with Crippen LogP contribution in [0.25, 0.3) is 10.9 Å². The highest BCUT2D eigenvalue weighted by Gasteiger charge is 2.29. The van der Waals surface area contributed by atoms with Gasteiger partial charge < -0.3 is 41.8 Å². The molecule has 0 aliphatic heterocycles. The van der Waals surface area contributed by atoms with Crippen LogP contribution < -0.4 is 26.6 Å². The van der Waals surface area contributed by atoms with Crippen molar-refractivity contribution in [2.75, 3.05) is 13.6 Å². The lowest BCUT2D eigenvalue weighted by Gasteiger charge is -2.24. The molecule has 14 heteroatoms. The van der Waals surface area contributed by atoms with E-state index in [1.165, 1.54) is 13.8 Å². The lowest BCUT2D eigenvalue weighted by atomic mass is 10.0. The van der Waals surface area contributed by atoms with E-state index in [1.54, 1.807) is 13.2 Å². The van der Waals surface area contributed by atoms with Gasteiger partial charge in [-0.2, -0.15) is 0 Å². The number of nitrogens with one attached hydrogen (secondary N) is 6. The first-order valence-corrected chi connectivity index (χ1v) is 12.3. The van der Waals surface area contributed by atoms with Crippen LogP contribution in [-0.4, -0.2) is 88.5 Å². The van der Waals surface area contributed by atoms with Crippen molar-refractivity contribution in [3.63, 3.8) is 0 Å². The van der Waals surface area contributed by atoms with Gasteiger partial charge in [-0.05, 0) is 38.9 Å². The number of rotatable bonds is 15. The minimum atomic E-state index is -1.35. The second-order valence-electron chi connectivity index (χ2n) is 9.01. The van der Waals surface area contributed by atoms with Crippen molar-refractivity contribution < 1.29 is 39.0 Å². The molecule has 0 aliphatic rings. The number of aliphatic carboxylic acids is 2. The van der Waals surface area contributed by atoms with Gasteiger partial charge in [0.1, 0.15) is 24.2 Å². The molecule has 0 bridgehead atoms. The molecule has 39 heavy (non-hydrogen) atoms. The lowest BCUT2D eigenvalue weighted by Crippen LogP contribution is -2.57.